The van der Waals surface area contributed by atoms with Gasteiger partial charge in [0.15, 0.2) is 0 Å². The summed E-state index contributed by atoms with van der Waals surface area (Å²) in [5.41, 5.74) is 2.18. The van der Waals surface area contributed by atoms with E-state index >= 15 is 0 Å². The Morgan fingerprint density at radius 2 is 1.72 bits per heavy atom. The summed E-state index contributed by atoms with van der Waals surface area (Å²) in [6.07, 6.45) is 5.64. The maximum Gasteiger partial charge on any atom is 0.319 e. The predicted molar refractivity (Wildman–Crippen MR) is 77.0 cm³/mol. The number of hydrogen-bond donors (Lipinski definition) is 2. The van der Waals surface area contributed by atoms with E-state index in [-0.39, 0.29) is 6.03 Å². The summed E-state index contributed by atoms with van der Waals surface area (Å²) in [5, 5.41) is 5.66. The van der Waals surface area contributed by atoms with Gasteiger partial charge in [-0.05, 0) is 37.0 Å². The van der Waals surface area contributed by atoms with Crippen LogP contribution in [0.4, 0.5) is 10.5 Å². The zero-order valence-corrected chi connectivity index (χ0v) is 11.5. The molecule has 0 saturated carbocycles. The van der Waals surface area contributed by atoms with E-state index in [0.717, 1.165) is 31.5 Å². The summed E-state index contributed by atoms with van der Waals surface area (Å²) >= 11 is 0. The highest BCUT2D eigenvalue weighted by molar-refractivity contribution is 5.89. The quantitative estimate of drug-likeness (QED) is 0.705. The molecule has 0 fully saturated rings. The van der Waals surface area contributed by atoms with Crippen LogP contribution in [0.5, 0.6) is 0 Å². The van der Waals surface area contributed by atoms with E-state index in [0.29, 0.717) is 0 Å². The first-order valence-corrected chi connectivity index (χ1v) is 6.90. The molecule has 3 nitrogen and oxygen atoms in total. The van der Waals surface area contributed by atoms with Gasteiger partial charge in [0.05, 0.1) is 0 Å². The van der Waals surface area contributed by atoms with E-state index in [9.17, 15) is 4.79 Å². The lowest BCUT2D eigenvalue weighted by Crippen LogP contribution is -2.29. The van der Waals surface area contributed by atoms with E-state index < -0.39 is 0 Å². The van der Waals surface area contributed by atoms with Crippen molar-refractivity contribution in [3.8, 4) is 0 Å². The van der Waals surface area contributed by atoms with Crippen LogP contribution >= 0.6 is 0 Å². The lowest BCUT2D eigenvalue weighted by atomic mass is 10.1. The van der Waals surface area contributed by atoms with Crippen LogP contribution in [0, 0.1) is 0 Å². The Morgan fingerprint density at radius 3 is 2.33 bits per heavy atom. The second kappa shape index (κ2) is 8.56. The van der Waals surface area contributed by atoms with Crippen molar-refractivity contribution < 1.29 is 4.79 Å². The van der Waals surface area contributed by atoms with Crippen LogP contribution in [0.25, 0.3) is 0 Å². The molecule has 0 aliphatic rings. The molecular weight excluding hydrogens is 224 g/mol. The molecule has 3 heteroatoms. The van der Waals surface area contributed by atoms with Crippen LogP contribution < -0.4 is 10.6 Å². The maximum absolute atomic E-state index is 11.5. The number of benzene rings is 1. The Balaban J connectivity index is 2.35. The normalized spacial score (nSPS) is 10.1. The number of carbonyl (C=O) groups is 1. The first-order chi connectivity index (χ1) is 8.76. The smallest absolute Gasteiger partial charge is 0.319 e. The Labute approximate surface area is 110 Å². The molecule has 2 N–H and O–H groups in total. The summed E-state index contributed by atoms with van der Waals surface area (Å²) in [7, 11) is 0. The number of urea groups is 1. The monoisotopic (exact) mass is 248 g/mol. The minimum Gasteiger partial charge on any atom is -0.338 e. The standard InChI is InChI=1S/C15H24N2O/c1-3-5-7-13-8-10-14(11-9-13)17-15(18)16-12-6-4-2/h8-11H,3-7,12H2,1-2H3,(H2,16,17,18). The molecule has 0 bridgehead atoms. The fraction of sp³-hybridized carbons (Fsp3) is 0.533. The highest BCUT2D eigenvalue weighted by Gasteiger charge is 2.00. The highest BCUT2D eigenvalue weighted by Crippen LogP contribution is 2.11. The second-order valence-electron chi connectivity index (χ2n) is 4.53. The van der Waals surface area contributed by atoms with Crippen LogP contribution in [-0.4, -0.2) is 12.6 Å². The van der Waals surface area contributed by atoms with Crippen LogP contribution in [0.2, 0.25) is 0 Å². The Morgan fingerprint density at radius 1 is 1.06 bits per heavy atom. The molecule has 18 heavy (non-hydrogen) atoms. The van der Waals surface area contributed by atoms with Crippen molar-refractivity contribution in [2.24, 2.45) is 0 Å². The van der Waals surface area contributed by atoms with Crippen LogP contribution in [0.15, 0.2) is 24.3 Å². The molecule has 0 radical (unpaired) electrons. The molecule has 0 aliphatic heterocycles. The fourth-order valence-corrected chi connectivity index (χ4v) is 1.69. The van der Waals surface area contributed by atoms with Gasteiger partial charge in [0.1, 0.15) is 0 Å². The first-order valence-electron chi connectivity index (χ1n) is 6.90. The Hall–Kier alpha value is -1.51. The van der Waals surface area contributed by atoms with Crippen molar-refractivity contribution in [3.05, 3.63) is 29.8 Å². The number of carbonyl (C=O) groups excluding carboxylic acids is 1. The molecule has 0 atom stereocenters. The number of rotatable bonds is 7. The number of aryl methyl sites for hydroxylation is 1. The van der Waals surface area contributed by atoms with Gasteiger partial charge in [0.2, 0.25) is 0 Å². The number of unbranched alkanes of at least 4 members (excludes halogenated alkanes) is 2. The summed E-state index contributed by atoms with van der Waals surface area (Å²) < 4.78 is 0. The molecule has 0 unspecified atom stereocenters. The van der Waals surface area contributed by atoms with Gasteiger partial charge in [0, 0.05) is 12.2 Å². The van der Waals surface area contributed by atoms with Crippen molar-refractivity contribution in [3.63, 3.8) is 0 Å². The number of amides is 2. The lowest BCUT2D eigenvalue weighted by Gasteiger charge is -2.07. The molecule has 100 valence electrons. The Kier molecular flexibility index (Phi) is 6.92. The molecule has 0 spiro atoms. The minimum absolute atomic E-state index is 0.121. The Bertz CT molecular complexity index is 346. The van der Waals surface area contributed by atoms with E-state index in [1.54, 1.807) is 0 Å². The molecule has 1 rings (SSSR count). The summed E-state index contributed by atoms with van der Waals surface area (Å²) in [5.74, 6) is 0. The van der Waals surface area contributed by atoms with E-state index in [1.807, 2.05) is 12.1 Å². The van der Waals surface area contributed by atoms with Gasteiger partial charge in [0.25, 0.3) is 0 Å². The average Bonchev–Trinajstić information content (AvgIpc) is 2.38. The molecule has 0 saturated heterocycles. The van der Waals surface area contributed by atoms with Crippen LogP contribution in [0.3, 0.4) is 0 Å². The van der Waals surface area contributed by atoms with E-state index in [2.05, 4.69) is 36.6 Å². The molecule has 0 aliphatic carbocycles. The maximum atomic E-state index is 11.5. The van der Waals surface area contributed by atoms with Crippen molar-refractivity contribution in [1.29, 1.82) is 0 Å². The fourth-order valence-electron chi connectivity index (χ4n) is 1.69. The largest absolute Gasteiger partial charge is 0.338 e. The van der Waals surface area contributed by atoms with E-state index in [1.165, 1.54) is 18.4 Å². The lowest BCUT2D eigenvalue weighted by molar-refractivity contribution is 0.252. The summed E-state index contributed by atoms with van der Waals surface area (Å²) in [6, 6.07) is 7.97. The second-order valence-corrected chi connectivity index (χ2v) is 4.53. The third-order valence-electron chi connectivity index (χ3n) is 2.85. The molecule has 1 aromatic rings. The zero-order chi connectivity index (χ0) is 13.2. The summed E-state index contributed by atoms with van der Waals surface area (Å²) in [4.78, 5) is 11.5. The van der Waals surface area contributed by atoms with Gasteiger partial charge in [-0.1, -0.05) is 38.8 Å². The molecular formula is C15H24N2O. The SMILES string of the molecule is CCCCNC(=O)Nc1ccc(CCCC)cc1. The van der Waals surface area contributed by atoms with Gasteiger partial charge < -0.3 is 10.6 Å². The number of hydrogen-bond acceptors (Lipinski definition) is 1. The highest BCUT2D eigenvalue weighted by atomic mass is 16.2. The predicted octanol–water partition coefficient (Wildman–Crippen LogP) is 3.95. The number of anilines is 1. The third kappa shape index (κ3) is 5.71. The minimum atomic E-state index is -0.121. The van der Waals surface area contributed by atoms with Crippen molar-refractivity contribution in [1.82, 2.24) is 5.32 Å². The van der Waals surface area contributed by atoms with Gasteiger partial charge in [-0.15, -0.1) is 0 Å². The van der Waals surface area contributed by atoms with Gasteiger partial charge in [-0.2, -0.15) is 0 Å². The zero-order valence-electron chi connectivity index (χ0n) is 11.5. The molecule has 0 aromatic heterocycles. The van der Waals surface area contributed by atoms with Crippen molar-refractivity contribution in [2.75, 3.05) is 11.9 Å². The first kappa shape index (κ1) is 14.6. The van der Waals surface area contributed by atoms with E-state index in [4.69, 9.17) is 0 Å². The van der Waals surface area contributed by atoms with Gasteiger partial charge in [-0.3, -0.25) is 0 Å². The van der Waals surface area contributed by atoms with Crippen molar-refractivity contribution >= 4 is 11.7 Å². The van der Waals surface area contributed by atoms with Gasteiger partial charge in [-0.25, -0.2) is 4.79 Å². The van der Waals surface area contributed by atoms with Crippen LogP contribution in [-0.2, 0) is 6.42 Å². The topological polar surface area (TPSA) is 41.1 Å². The molecule has 0 heterocycles. The van der Waals surface area contributed by atoms with Crippen LogP contribution in [0.1, 0.15) is 45.1 Å². The number of nitrogens with one attached hydrogen (secondary N) is 2. The van der Waals surface area contributed by atoms with Crippen molar-refractivity contribution in [2.45, 2.75) is 46.0 Å². The van der Waals surface area contributed by atoms with Gasteiger partial charge >= 0.3 is 6.03 Å². The molecule has 2 amide bonds. The summed E-state index contributed by atoms with van der Waals surface area (Å²) in [6.45, 7) is 5.03. The third-order valence-corrected chi connectivity index (χ3v) is 2.85. The molecule has 1 aromatic carbocycles. The average molecular weight is 248 g/mol.